The SMILES string of the molecule is NS(=Nc1cn[nH]c1C1CCCO1)C1CCC2(CCOCC2)CC1. The molecular formula is C17H28N4O2S. The van der Waals surface area contributed by atoms with Crippen molar-refractivity contribution < 1.29 is 9.47 Å². The van der Waals surface area contributed by atoms with Crippen molar-refractivity contribution in [2.75, 3.05) is 19.8 Å². The molecule has 7 heteroatoms. The highest BCUT2D eigenvalue weighted by Gasteiger charge is 2.37. The lowest BCUT2D eigenvalue weighted by Gasteiger charge is -2.42. The molecule has 2 aliphatic heterocycles. The van der Waals surface area contributed by atoms with Crippen LogP contribution in [0, 0.1) is 5.41 Å². The molecule has 3 N–H and O–H groups in total. The van der Waals surface area contributed by atoms with E-state index in [1.54, 1.807) is 6.20 Å². The van der Waals surface area contributed by atoms with Crippen LogP contribution in [0.1, 0.15) is 63.2 Å². The second-order valence-electron chi connectivity index (χ2n) is 7.42. The largest absolute Gasteiger partial charge is 0.381 e. The standard InChI is InChI=1S/C17H28N4O2S/c18-24(13-3-5-17(6-4-13)7-10-22-11-8-17)21-14-12-19-20-16(14)15-2-1-9-23-15/h12-13,15H,1-11H2,(H2,18,21)(H,19,20). The summed E-state index contributed by atoms with van der Waals surface area (Å²) in [5.74, 6) is 0. The summed E-state index contributed by atoms with van der Waals surface area (Å²) in [5, 5.41) is 14.2. The van der Waals surface area contributed by atoms with Crippen molar-refractivity contribution in [3.05, 3.63) is 11.9 Å². The van der Waals surface area contributed by atoms with Crippen LogP contribution in [0.2, 0.25) is 0 Å². The first-order valence-corrected chi connectivity index (χ1v) is 10.5. The highest BCUT2D eigenvalue weighted by Crippen LogP contribution is 2.45. The third kappa shape index (κ3) is 3.45. The van der Waals surface area contributed by atoms with Crippen LogP contribution in [-0.2, 0) is 20.4 Å². The van der Waals surface area contributed by atoms with Gasteiger partial charge in [-0.2, -0.15) is 5.10 Å². The molecule has 3 fully saturated rings. The van der Waals surface area contributed by atoms with E-state index in [1.165, 1.54) is 38.5 Å². The zero-order valence-electron chi connectivity index (χ0n) is 14.2. The average Bonchev–Trinajstić information content (AvgIpc) is 3.27. The van der Waals surface area contributed by atoms with Gasteiger partial charge in [0.05, 0.1) is 11.9 Å². The van der Waals surface area contributed by atoms with Gasteiger partial charge in [0.2, 0.25) is 0 Å². The van der Waals surface area contributed by atoms with Gasteiger partial charge in [0.1, 0.15) is 11.8 Å². The molecule has 1 saturated carbocycles. The van der Waals surface area contributed by atoms with Crippen LogP contribution in [0.3, 0.4) is 0 Å². The van der Waals surface area contributed by atoms with Gasteiger partial charge in [-0.3, -0.25) is 10.2 Å². The Morgan fingerprint density at radius 1 is 1.17 bits per heavy atom. The predicted octanol–water partition coefficient (Wildman–Crippen LogP) is 3.31. The Hall–Kier alpha value is -0.760. The van der Waals surface area contributed by atoms with Crippen LogP contribution in [-0.4, -0.2) is 35.3 Å². The lowest BCUT2D eigenvalue weighted by molar-refractivity contribution is -0.00398. The topological polar surface area (TPSA) is 85.5 Å². The third-order valence-corrected chi connectivity index (χ3v) is 7.55. The fraction of sp³-hybridized carbons (Fsp3) is 0.824. The molecule has 2 unspecified atom stereocenters. The van der Waals surface area contributed by atoms with E-state index >= 15 is 0 Å². The van der Waals surface area contributed by atoms with Crippen molar-refractivity contribution in [1.82, 2.24) is 10.2 Å². The van der Waals surface area contributed by atoms with Gasteiger partial charge in [-0.05, 0) is 67.7 Å². The van der Waals surface area contributed by atoms with Crippen molar-refractivity contribution in [3.63, 3.8) is 0 Å². The van der Waals surface area contributed by atoms with Crippen molar-refractivity contribution >= 4 is 16.6 Å². The highest BCUT2D eigenvalue weighted by atomic mass is 32.2. The second-order valence-corrected chi connectivity index (χ2v) is 8.96. The van der Waals surface area contributed by atoms with E-state index < -0.39 is 10.9 Å². The lowest BCUT2D eigenvalue weighted by atomic mass is 9.69. The van der Waals surface area contributed by atoms with Gasteiger partial charge in [-0.25, -0.2) is 4.36 Å². The Morgan fingerprint density at radius 2 is 1.96 bits per heavy atom. The fourth-order valence-corrected chi connectivity index (χ4v) is 5.58. The van der Waals surface area contributed by atoms with E-state index in [0.717, 1.165) is 44.0 Å². The Morgan fingerprint density at radius 3 is 2.67 bits per heavy atom. The quantitative estimate of drug-likeness (QED) is 0.874. The molecule has 2 atom stereocenters. The van der Waals surface area contributed by atoms with Crippen molar-refractivity contribution in [2.24, 2.45) is 14.9 Å². The number of hydrogen-bond donors (Lipinski definition) is 2. The summed E-state index contributed by atoms with van der Waals surface area (Å²) >= 11 is 0. The maximum atomic E-state index is 6.48. The first-order chi connectivity index (χ1) is 11.8. The number of hydrogen-bond acceptors (Lipinski definition) is 4. The minimum absolute atomic E-state index is 0.111. The van der Waals surface area contributed by atoms with E-state index in [9.17, 15) is 0 Å². The van der Waals surface area contributed by atoms with Crippen LogP contribution in [0.15, 0.2) is 10.6 Å². The maximum absolute atomic E-state index is 6.48. The molecule has 0 aromatic carbocycles. The van der Waals surface area contributed by atoms with Gasteiger partial charge < -0.3 is 9.47 Å². The first-order valence-electron chi connectivity index (χ1n) is 9.18. The normalized spacial score (nSPS) is 29.3. The third-order valence-electron chi connectivity index (χ3n) is 5.99. The number of aromatic amines is 1. The number of nitrogens with one attached hydrogen (secondary N) is 1. The molecule has 4 rings (SSSR count). The van der Waals surface area contributed by atoms with Crippen molar-refractivity contribution in [3.8, 4) is 0 Å². The Kier molecular flexibility index (Phi) is 5.03. The second kappa shape index (κ2) is 7.23. The Labute approximate surface area is 146 Å². The number of H-pyrrole nitrogens is 1. The monoisotopic (exact) mass is 352 g/mol. The summed E-state index contributed by atoms with van der Waals surface area (Å²) in [6, 6.07) is 0. The number of rotatable bonds is 3. The summed E-state index contributed by atoms with van der Waals surface area (Å²) in [7, 11) is -0.439. The zero-order valence-corrected chi connectivity index (χ0v) is 15.0. The lowest BCUT2D eigenvalue weighted by Crippen LogP contribution is -2.37. The minimum atomic E-state index is -0.439. The molecule has 1 spiro atoms. The van der Waals surface area contributed by atoms with Crippen LogP contribution in [0.5, 0.6) is 0 Å². The first kappa shape index (κ1) is 16.7. The van der Waals surface area contributed by atoms with E-state index in [4.69, 9.17) is 19.0 Å². The molecule has 0 radical (unpaired) electrons. The van der Waals surface area contributed by atoms with Gasteiger partial charge in [0, 0.05) is 25.1 Å². The van der Waals surface area contributed by atoms with Gasteiger partial charge in [-0.1, -0.05) is 0 Å². The predicted molar refractivity (Wildman–Crippen MR) is 94.9 cm³/mol. The number of ether oxygens (including phenoxy) is 2. The van der Waals surface area contributed by atoms with Crippen LogP contribution < -0.4 is 5.14 Å². The number of nitrogens with zero attached hydrogens (tertiary/aromatic N) is 2. The molecule has 0 bridgehead atoms. The minimum Gasteiger partial charge on any atom is -0.381 e. The summed E-state index contributed by atoms with van der Waals surface area (Å²) in [6.07, 6.45) is 11.4. The van der Waals surface area contributed by atoms with Crippen molar-refractivity contribution in [1.29, 1.82) is 0 Å². The molecule has 3 heterocycles. The fourth-order valence-electron chi connectivity index (χ4n) is 4.34. The van der Waals surface area contributed by atoms with Gasteiger partial charge in [0.15, 0.2) is 0 Å². The van der Waals surface area contributed by atoms with Gasteiger partial charge >= 0.3 is 0 Å². The highest BCUT2D eigenvalue weighted by molar-refractivity contribution is 7.85. The molecule has 1 aromatic rings. The molecule has 1 aromatic heterocycles. The van der Waals surface area contributed by atoms with Crippen LogP contribution in [0.4, 0.5) is 5.69 Å². The molecular weight excluding hydrogens is 324 g/mol. The van der Waals surface area contributed by atoms with Crippen molar-refractivity contribution in [2.45, 2.75) is 62.7 Å². The van der Waals surface area contributed by atoms with Crippen LogP contribution in [0.25, 0.3) is 0 Å². The Bertz CT molecular complexity index is 581. The molecule has 0 amide bonds. The van der Waals surface area contributed by atoms with Gasteiger partial charge in [-0.15, -0.1) is 0 Å². The zero-order chi connectivity index (χ0) is 16.4. The summed E-state index contributed by atoms with van der Waals surface area (Å²) in [6.45, 7) is 2.69. The molecule has 24 heavy (non-hydrogen) atoms. The summed E-state index contributed by atoms with van der Waals surface area (Å²) in [5.41, 5.74) is 2.43. The molecule has 3 aliphatic rings. The summed E-state index contributed by atoms with van der Waals surface area (Å²) in [4.78, 5) is 0. The molecule has 1 aliphatic carbocycles. The molecule has 2 saturated heterocycles. The maximum Gasteiger partial charge on any atom is 0.115 e. The molecule has 6 nitrogen and oxygen atoms in total. The van der Waals surface area contributed by atoms with Gasteiger partial charge in [0.25, 0.3) is 0 Å². The number of nitrogens with two attached hydrogens (primary N) is 1. The van der Waals surface area contributed by atoms with E-state index in [-0.39, 0.29) is 6.10 Å². The smallest absolute Gasteiger partial charge is 0.115 e. The Balaban J connectivity index is 1.42. The summed E-state index contributed by atoms with van der Waals surface area (Å²) < 4.78 is 16.1. The van der Waals surface area contributed by atoms with E-state index in [1.807, 2.05) is 0 Å². The van der Waals surface area contributed by atoms with E-state index in [0.29, 0.717) is 10.7 Å². The average molecular weight is 353 g/mol. The molecule has 134 valence electrons. The van der Waals surface area contributed by atoms with E-state index in [2.05, 4.69) is 10.2 Å². The number of aromatic nitrogens is 2. The van der Waals surface area contributed by atoms with Crippen LogP contribution >= 0.6 is 0 Å².